The average Bonchev–Trinajstić information content (AvgIpc) is 3.15. The minimum absolute atomic E-state index is 0.00933. The second-order valence-electron chi connectivity index (χ2n) is 10.2. The number of nitrogens with zero attached hydrogens (tertiary/aromatic N) is 3. The largest absolute Gasteiger partial charge is 0.416 e. The van der Waals surface area contributed by atoms with Crippen molar-refractivity contribution in [1.29, 1.82) is 0 Å². The molecule has 10 heteroatoms. The quantitative estimate of drug-likeness (QED) is 0.525. The predicted octanol–water partition coefficient (Wildman–Crippen LogP) is 4.23. The van der Waals surface area contributed by atoms with Crippen molar-refractivity contribution in [3.8, 4) is 0 Å². The lowest BCUT2D eigenvalue weighted by Crippen LogP contribution is -2.42. The number of aliphatic hydroxyl groups is 1. The van der Waals surface area contributed by atoms with Crippen molar-refractivity contribution in [2.45, 2.75) is 59.0 Å². The molecule has 0 aliphatic carbocycles. The van der Waals surface area contributed by atoms with Crippen LogP contribution in [0.5, 0.6) is 0 Å². The molecule has 0 amide bonds. The standard InChI is InChI=1S/C26H32F3N3O3S/c1-15(2)12-32-24-22(23(34)30(4)25(32)35)18(14-31-10-9-20(33)16(3)13-31)21(36-24)11-17-7-5-6-8-19(17)26(27,28)29/h5-8,15-16,20,33H,9-14H2,1-4H3. The minimum Gasteiger partial charge on any atom is -0.393 e. The number of benzene rings is 1. The maximum Gasteiger partial charge on any atom is 0.416 e. The van der Waals surface area contributed by atoms with Crippen LogP contribution in [0.3, 0.4) is 0 Å². The zero-order valence-corrected chi connectivity index (χ0v) is 21.7. The maximum absolute atomic E-state index is 13.8. The Morgan fingerprint density at radius 1 is 1.19 bits per heavy atom. The number of piperidine rings is 1. The predicted molar refractivity (Wildman–Crippen MR) is 135 cm³/mol. The number of alkyl halides is 3. The molecule has 2 aromatic heterocycles. The number of thiophene rings is 1. The molecule has 0 bridgehead atoms. The van der Waals surface area contributed by atoms with Gasteiger partial charge in [0, 0.05) is 44.5 Å². The van der Waals surface area contributed by atoms with E-state index in [0.29, 0.717) is 53.3 Å². The van der Waals surface area contributed by atoms with Gasteiger partial charge in [0.2, 0.25) is 0 Å². The lowest BCUT2D eigenvalue weighted by atomic mass is 9.95. The highest BCUT2D eigenvalue weighted by Gasteiger charge is 2.34. The van der Waals surface area contributed by atoms with E-state index >= 15 is 0 Å². The number of halogens is 3. The maximum atomic E-state index is 13.8. The van der Waals surface area contributed by atoms with Gasteiger partial charge >= 0.3 is 11.9 Å². The van der Waals surface area contributed by atoms with E-state index in [9.17, 15) is 27.9 Å². The Kier molecular flexibility index (Phi) is 7.50. The number of rotatable bonds is 6. The molecule has 0 spiro atoms. The topological polar surface area (TPSA) is 67.5 Å². The third-order valence-corrected chi connectivity index (χ3v) is 8.16. The molecular formula is C26H32F3N3O3S. The van der Waals surface area contributed by atoms with Crippen molar-refractivity contribution >= 4 is 21.6 Å². The lowest BCUT2D eigenvalue weighted by molar-refractivity contribution is -0.138. The Morgan fingerprint density at radius 2 is 1.89 bits per heavy atom. The Balaban J connectivity index is 1.92. The zero-order valence-electron chi connectivity index (χ0n) is 20.9. The van der Waals surface area contributed by atoms with Crippen LogP contribution in [-0.4, -0.2) is 38.3 Å². The molecule has 0 saturated carbocycles. The first-order valence-electron chi connectivity index (χ1n) is 12.2. The Hall–Kier alpha value is -2.43. The van der Waals surface area contributed by atoms with E-state index in [0.717, 1.165) is 10.6 Å². The number of aromatic nitrogens is 2. The van der Waals surface area contributed by atoms with Crippen LogP contribution < -0.4 is 11.2 Å². The molecule has 4 rings (SSSR count). The highest BCUT2D eigenvalue weighted by molar-refractivity contribution is 7.18. The lowest BCUT2D eigenvalue weighted by Gasteiger charge is -2.34. The zero-order chi connectivity index (χ0) is 26.4. The number of aliphatic hydroxyl groups excluding tert-OH is 1. The van der Waals surface area contributed by atoms with E-state index in [1.165, 1.54) is 30.5 Å². The molecule has 2 atom stereocenters. The summed E-state index contributed by atoms with van der Waals surface area (Å²) < 4.78 is 44.0. The first-order chi connectivity index (χ1) is 16.9. The van der Waals surface area contributed by atoms with Gasteiger partial charge in [-0.25, -0.2) is 4.79 Å². The molecule has 1 N–H and O–H groups in total. The first kappa shape index (κ1) is 26.6. The molecule has 1 aliphatic rings. The number of hydrogen-bond acceptors (Lipinski definition) is 5. The summed E-state index contributed by atoms with van der Waals surface area (Å²) >= 11 is 1.24. The van der Waals surface area contributed by atoms with Crippen LogP contribution in [-0.2, 0) is 32.7 Å². The average molecular weight is 524 g/mol. The summed E-state index contributed by atoms with van der Waals surface area (Å²) in [5.41, 5.74) is -0.744. The molecule has 1 aliphatic heterocycles. The Labute approximate surface area is 211 Å². The second kappa shape index (κ2) is 10.1. The third kappa shape index (κ3) is 5.17. The Bertz CT molecular complexity index is 1370. The van der Waals surface area contributed by atoms with Gasteiger partial charge in [0.15, 0.2) is 0 Å². The fourth-order valence-electron chi connectivity index (χ4n) is 4.98. The van der Waals surface area contributed by atoms with Gasteiger partial charge in [-0.3, -0.25) is 18.8 Å². The third-order valence-electron chi connectivity index (χ3n) is 6.90. The molecule has 36 heavy (non-hydrogen) atoms. The van der Waals surface area contributed by atoms with E-state index in [4.69, 9.17) is 0 Å². The molecule has 3 heterocycles. The molecule has 196 valence electrons. The molecule has 1 aromatic carbocycles. The summed E-state index contributed by atoms with van der Waals surface area (Å²) in [4.78, 5) is 29.7. The molecule has 6 nitrogen and oxygen atoms in total. The van der Waals surface area contributed by atoms with Crippen molar-refractivity contribution in [3.63, 3.8) is 0 Å². The minimum atomic E-state index is -4.50. The van der Waals surface area contributed by atoms with Crippen molar-refractivity contribution in [3.05, 3.63) is 66.7 Å². The summed E-state index contributed by atoms with van der Waals surface area (Å²) in [6, 6.07) is 5.49. The Morgan fingerprint density at radius 3 is 2.53 bits per heavy atom. The molecular weight excluding hydrogens is 491 g/mol. The van der Waals surface area contributed by atoms with Crippen LogP contribution in [0.15, 0.2) is 33.9 Å². The second-order valence-corrected chi connectivity index (χ2v) is 11.3. The highest BCUT2D eigenvalue weighted by Crippen LogP contribution is 2.37. The normalized spacial score (nSPS) is 19.5. The van der Waals surface area contributed by atoms with Gasteiger partial charge in [0.1, 0.15) is 4.83 Å². The van der Waals surface area contributed by atoms with Crippen molar-refractivity contribution < 1.29 is 18.3 Å². The van der Waals surface area contributed by atoms with Crippen LogP contribution in [0.2, 0.25) is 0 Å². The molecule has 2 unspecified atom stereocenters. The van der Waals surface area contributed by atoms with Gasteiger partial charge in [-0.2, -0.15) is 13.2 Å². The van der Waals surface area contributed by atoms with Crippen LogP contribution in [0, 0.1) is 11.8 Å². The van der Waals surface area contributed by atoms with Crippen LogP contribution in [0.25, 0.3) is 10.2 Å². The van der Waals surface area contributed by atoms with Crippen molar-refractivity contribution in [2.24, 2.45) is 18.9 Å². The molecule has 1 saturated heterocycles. The smallest absolute Gasteiger partial charge is 0.393 e. The summed E-state index contributed by atoms with van der Waals surface area (Å²) in [6.45, 7) is 7.90. The van der Waals surface area contributed by atoms with Crippen molar-refractivity contribution in [1.82, 2.24) is 14.0 Å². The highest BCUT2D eigenvalue weighted by atomic mass is 32.1. The first-order valence-corrected chi connectivity index (χ1v) is 13.0. The van der Waals surface area contributed by atoms with E-state index < -0.39 is 29.1 Å². The van der Waals surface area contributed by atoms with Crippen molar-refractivity contribution in [2.75, 3.05) is 13.1 Å². The molecule has 0 radical (unpaired) electrons. The number of likely N-dealkylation sites (tertiary alicyclic amines) is 1. The van der Waals surface area contributed by atoms with Crippen LogP contribution >= 0.6 is 11.3 Å². The van der Waals surface area contributed by atoms with E-state index in [1.54, 1.807) is 10.6 Å². The van der Waals surface area contributed by atoms with E-state index in [-0.39, 0.29) is 23.8 Å². The van der Waals surface area contributed by atoms with Crippen LogP contribution in [0.1, 0.15) is 48.8 Å². The van der Waals surface area contributed by atoms with E-state index in [1.807, 2.05) is 20.8 Å². The fraction of sp³-hybridized carbons (Fsp3) is 0.538. The fourth-order valence-corrected chi connectivity index (χ4v) is 6.30. The summed E-state index contributed by atoms with van der Waals surface area (Å²) in [5, 5.41) is 10.6. The van der Waals surface area contributed by atoms with Gasteiger partial charge in [-0.1, -0.05) is 39.0 Å². The van der Waals surface area contributed by atoms with Gasteiger partial charge in [0.05, 0.1) is 17.1 Å². The van der Waals surface area contributed by atoms with Gasteiger partial charge in [-0.15, -0.1) is 11.3 Å². The summed E-state index contributed by atoms with van der Waals surface area (Å²) in [6.07, 6.45) is -4.30. The summed E-state index contributed by atoms with van der Waals surface area (Å²) in [5.74, 6) is 0.174. The number of hydrogen-bond donors (Lipinski definition) is 1. The molecule has 1 fully saturated rings. The monoisotopic (exact) mass is 523 g/mol. The van der Waals surface area contributed by atoms with Gasteiger partial charge in [-0.05, 0) is 35.4 Å². The summed E-state index contributed by atoms with van der Waals surface area (Å²) in [7, 11) is 1.44. The van der Waals surface area contributed by atoms with Gasteiger partial charge in [0.25, 0.3) is 5.56 Å². The SMILES string of the molecule is CC(C)Cn1c(=O)n(C)c(=O)c2c(CN3CCC(O)C(C)C3)c(Cc3ccccc3C(F)(F)F)sc21. The number of fused-ring (bicyclic) bond motifs is 1. The van der Waals surface area contributed by atoms with Gasteiger partial charge < -0.3 is 5.11 Å². The molecule has 3 aromatic rings. The van der Waals surface area contributed by atoms with E-state index in [2.05, 4.69) is 4.90 Å². The van der Waals surface area contributed by atoms with Crippen LogP contribution in [0.4, 0.5) is 13.2 Å².